The minimum atomic E-state index is -1.22. The Labute approximate surface area is 118 Å². The van der Waals surface area contributed by atoms with E-state index in [9.17, 15) is 19.2 Å². The largest absolute Gasteiger partial charge is 0.481 e. The Morgan fingerprint density at radius 1 is 1.05 bits per heavy atom. The van der Waals surface area contributed by atoms with Gasteiger partial charge in [-0.15, -0.1) is 0 Å². The van der Waals surface area contributed by atoms with E-state index in [4.69, 9.17) is 5.11 Å². The third kappa shape index (κ3) is 4.75. The van der Waals surface area contributed by atoms with E-state index in [-0.39, 0.29) is 11.7 Å². The molecule has 0 saturated carbocycles. The lowest BCUT2D eigenvalue weighted by Crippen LogP contribution is -2.38. The summed E-state index contributed by atoms with van der Waals surface area (Å²) >= 11 is 0. The quantitative estimate of drug-likeness (QED) is 0.533. The van der Waals surface area contributed by atoms with Crippen molar-refractivity contribution in [2.45, 2.75) is 34.1 Å². The van der Waals surface area contributed by atoms with Gasteiger partial charge >= 0.3 is 11.9 Å². The number of carbonyl (C=O) groups excluding carboxylic acids is 3. The minimum Gasteiger partial charge on any atom is -0.481 e. The second-order valence-electron chi connectivity index (χ2n) is 5.24. The van der Waals surface area contributed by atoms with Gasteiger partial charge in [0.1, 0.15) is 23.9 Å². The molecule has 0 radical (unpaired) electrons. The molecule has 0 spiro atoms. The van der Waals surface area contributed by atoms with E-state index in [1.807, 2.05) is 0 Å². The Morgan fingerprint density at radius 2 is 1.55 bits per heavy atom. The van der Waals surface area contributed by atoms with Gasteiger partial charge in [0.2, 0.25) is 0 Å². The molecule has 0 aliphatic rings. The lowest BCUT2D eigenvalue weighted by Gasteiger charge is -2.26. The molecule has 3 unspecified atom stereocenters. The number of carboxylic acid groups (broad SMARTS) is 1. The summed E-state index contributed by atoms with van der Waals surface area (Å²) in [6.45, 7) is 6.44. The van der Waals surface area contributed by atoms with Gasteiger partial charge in [-0.05, 0) is 5.92 Å². The summed E-state index contributed by atoms with van der Waals surface area (Å²) in [5, 5.41) is 8.63. The van der Waals surface area contributed by atoms with Crippen molar-refractivity contribution in [3.05, 3.63) is 0 Å². The van der Waals surface area contributed by atoms with Gasteiger partial charge in [-0.25, -0.2) is 0 Å². The molecule has 0 aliphatic heterocycles. The molecule has 0 aliphatic carbocycles. The number of carboxylic acids is 1. The van der Waals surface area contributed by atoms with Crippen molar-refractivity contribution in [1.82, 2.24) is 0 Å². The van der Waals surface area contributed by atoms with Crippen LogP contribution in [0.1, 0.15) is 34.1 Å². The highest BCUT2D eigenvalue weighted by atomic mass is 16.5. The van der Waals surface area contributed by atoms with Gasteiger partial charge in [0.05, 0.1) is 7.11 Å². The number of hydrogen-bond donors (Lipinski definition) is 1. The average Bonchev–Trinajstić information content (AvgIpc) is 2.36. The highest BCUT2D eigenvalue weighted by molar-refractivity contribution is 6.01. The van der Waals surface area contributed by atoms with Gasteiger partial charge in [0, 0.05) is 11.8 Å². The van der Waals surface area contributed by atoms with Crippen LogP contribution in [0.3, 0.4) is 0 Å². The zero-order chi connectivity index (χ0) is 16.0. The van der Waals surface area contributed by atoms with E-state index >= 15 is 0 Å². The Kier molecular flexibility index (Phi) is 7.10. The summed E-state index contributed by atoms with van der Waals surface area (Å²) in [4.78, 5) is 46.2. The molecule has 6 nitrogen and oxygen atoms in total. The molecular weight excluding hydrogens is 264 g/mol. The van der Waals surface area contributed by atoms with Crippen molar-refractivity contribution in [2.75, 3.05) is 7.11 Å². The first kappa shape index (κ1) is 18.3. The summed E-state index contributed by atoms with van der Waals surface area (Å²) in [6.07, 6.45) is -0.616. The Morgan fingerprint density at radius 3 is 1.90 bits per heavy atom. The fourth-order valence-corrected chi connectivity index (χ4v) is 1.97. The molecule has 20 heavy (non-hydrogen) atoms. The molecule has 0 amide bonds. The molecule has 0 aromatic carbocycles. The number of esters is 1. The van der Waals surface area contributed by atoms with Crippen LogP contribution in [0.5, 0.6) is 0 Å². The van der Waals surface area contributed by atoms with E-state index in [0.29, 0.717) is 0 Å². The average molecular weight is 286 g/mol. The van der Waals surface area contributed by atoms with Crippen molar-refractivity contribution < 1.29 is 29.0 Å². The number of Topliss-reactive ketones (excluding diaryl/α,β-unsaturated/α-hetero) is 2. The Bertz CT molecular complexity index is 398. The van der Waals surface area contributed by atoms with Crippen LogP contribution in [0.15, 0.2) is 0 Å². The van der Waals surface area contributed by atoms with Crippen LogP contribution in [-0.4, -0.2) is 35.7 Å². The summed E-state index contributed by atoms with van der Waals surface area (Å²) in [5.74, 6) is -5.46. The highest BCUT2D eigenvalue weighted by Crippen LogP contribution is 2.26. The molecule has 0 bridgehead atoms. The summed E-state index contributed by atoms with van der Waals surface area (Å²) in [6, 6.07) is 0. The number of ketones is 2. The maximum atomic E-state index is 12.1. The maximum Gasteiger partial charge on any atom is 0.316 e. The standard InChI is InChI=1S/C14H22O6/c1-7(2)13(18)12(14(19)20-5)9(4)8(3)10(15)6-11(16)17/h7-9,12H,6H2,1-5H3,(H,16,17). The molecule has 6 heteroatoms. The predicted molar refractivity (Wildman–Crippen MR) is 70.9 cm³/mol. The second-order valence-corrected chi connectivity index (χ2v) is 5.24. The summed E-state index contributed by atoms with van der Waals surface area (Å²) < 4.78 is 4.63. The monoisotopic (exact) mass is 286 g/mol. The summed E-state index contributed by atoms with van der Waals surface area (Å²) in [5.41, 5.74) is 0. The SMILES string of the molecule is COC(=O)C(C(=O)C(C)C)C(C)C(C)C(=O)CC(=O)O. The molecule has 0 rings (SSSR count). The Balaban J connectivity index is 5.18. The van der Waals surface area contributed by atoms with E-state index in [2.05, 4.69) is 4.74 Å². The zero-order valence-electron chi connectivity index (χ0n) is 12.5. The Hall–Kier alpha value is -1.72. The molecular formula is C14H22O6. The molecule has 0 aromatic heterocycles. The normalized spacial score (nSPS) is 15.3. The molecule has 0 fully saturated rings. The number of hydrogen-bond acceptors (Lipinski definition) is 5. The maximum absolute atomic E-state index is 12.1. The molecule has 3 atom stereocenters. The fourth-order valence-electron chi connectivity index (χ4n) is 1.97. The van der Waals surface area contributed by atoms with Crippen molar-refractivity contribution in [1.29, 1.82) is 0 Å². The van der Waals surface area contributed by atoms with Crippen LogP contribution in [0.25, 0.3) is 0 Å². The molecule has 0 aromatic rings. The van der Waals surface area contributed by atoms with Crippen LogP contribution in [0.4, 0.5) is 0 Å². The molecule has 1 N–H and O–H groups in total. The van der Waals surface area contributed by atoms with E-state index in [1.54, 1.807) is 20.8 Å². The number of carbonyl (C=O) groups is 4. The molecule has 0 heterocycles. The van der Waals surface area contributed by atoms with Crippen molar-refractivity contribution in [2.24, 2.45) is 23.7 Å². The summed E-state index contributed by atoms with van der Waals surface area (Å²) in [7, 11) is 1.18. The topological polar surface area (TPSA) is 97.7 Å². The van der Waals surface area contributed by atoms with Crippen LogP contribution in [0.2, 0.25) is 0 Å². The van der Waals surface area contributed by atoms with Crippen molar-refractivity contribution in [3.63, 3.8) is 0 Å². The minimum absolute atomic E-state index is 0.306. The van der Waals surface area contributed by atoms with Crippen molar-refractivity contribution in [3.8, 4) is 0 Å². The third-order valence-corrected chi connectivity index (χ3v) is 3.48. The van der Waals surface area contributed by atoms with Gasteiger partial charge in [-0.3, -0.25) is 19.2 Å². The second kappa shape index (κ2) is 7.77. The third-order valence-electron chi connectivity index (χ3n) is 3.48. The fraction of sp³-hybridized carbons (Fsp3) is 0.714. The van der Waals surface area contributed by atoms with Gasteiger partial charge in [-0.1, -0.05) is 27.7 Å². The van der Waals surface area contributed by atoms with Gasteiger partial charge in [0.25, 0.3) is 0 Å². The van der Waals surface area contributed by atoms with Gasteiger partial charge in [0.15, 0.2) is 0 Å². The predicted octanol–water partition coefficient (Wildman–Crippen LogP) is 1.32. The number of aliphatic carboxylic acids is 1. The zero-order valence-corrected chi connectivity index (χ0v) is 12.5. The van der Waals surface area contributed by atoms with Crippen LogP contribution >= 0.6 is 0 Å². The number of ether oxygens (including phenoxy) is 1. The van der Waals surface area contributed by atoms with Gasteiger partial charge < -0.3 is 9.84 Å². The van der Waals surface area contributed by atoms with E-state index in [1.165, 1.54) is 14.0 Å². The van der Waals surface area contributed by atoms with Gasteiger partial charge in [-0.2, -0.15) is 0 Å². The van der Waals surface area contributed by atoms with E-state index in [0.717, 1.165) is 0 Å². The lowest BCUT2D eigenvalue weighted by molar-refractivity contribution is -0.153. The van der Waals surface area contributed by atoms with Crippen molar-refractivity contribution >= 4 is 23.5 Å². The highest BCUT2D eigenvalue weighted by Gasteiger charge is 2.39. The lowest BCUT2D eigenvalue weighted by atomic mass is 9.76. The van der Waals surface area contributed by atoms with Crippen LogP contribution in [0, 0.1) is 23.7 Å². The van der Waals surface area contributed by atoms with Crippen LogP contribution < -0.4 is 0 Å². The molecule has 0 saturated heterocycles. The van der Waals surface area contributed by atoms with E-state index < -0.39 is 41.9 Å². The molecule has 114 valence electrons. The first-order valence-corrected chi connectivity index (χ1v) is 6.49. The smallest absolute Gasteiger partial charge is 0.316 e. The first-order chi connectivity index (χ1) is 9.13. The van der Waals surface area contributed by atoms with Crippen LogP contribution in [-0.2, 0) is 23.9 Å². The number of rotatable bonds is 8. The first-order valence-electron chi connectivity index (χ1n) is 6.49. The number of methoxy groups -OCH3 is 1.